The molecule has 0 aromatic heterocycles. The highest BCUT2D eigenvalue weighted by Crippen LogP contribution is 2.40. The third-order valence-corrected chi connectivity index (χ3v) is 8.18. The van der Waals surface area contributed by atoms with Gasteiger partial charge in [0.15, 0.2) is 0 Å². The van der Waals surface area contributed by atoms with Crippen LogP contribution in [0.1, 0.15) is 175 Å². The third-order valence-electron chi connectivity index (χ3n) is 8.18. The number of nitrogens with one attached hydrogen (secondary N) is 1. The molecule has 0 heterocycles. The van der Waals surface area contributed by atoms with Crippen molar-refractivity contribution in [3.63, 3.8) is 0 Å². The van der Waals surface area contributed by atoms with Gasteiger partial charge in [-0.25, -0.2) is 4.79 Å². The van der Waals surface area contributed by atoms with Gasteiger partial charge in [0, 0.05) is 6.42 Å². The zero-order chi connectivity index (χ0) is 31.6. The van der Waals surface area contributed by atoms with Gasteiger partial charge < -0.3 is 15.2 Å². The van der Waals surface area contributed by atoms with Crippen molar-refractivity contribution in [2.45, 2.75) is 181 Å². The number of unbranched alkanes of at least 4 members (excludes halogenated alkanes) is 13. The van der Waals surface area contributed by atoms with Gasteiger partial charge in [-0.2, -0.15) is 0 Å². The van der Waals surface area contributed by atoms with E-state index in [1.54, 1.807) is 6.92 Å². The molecule has 0 saturated heterocycles. The number of phenolic OH excluding ortho intramolecular Hbond substituents is 1. The highest BCUT2D eigenvalue weighted by molar-refractivity contribution is 5.84. The van der Waals surface area contributed by atoms with Crippen molar-refractivity contribution < 1.29 is 19.4 Å². The zero-order valence-corrected chi connectivity index (χ0v) is 28.6. The molecule has 42 heavy (non-hydrogen) atoms. The molecule has 1 rings (SSSR count). The van der Waals surface area contributed by atoms with Crippen LogP contribution in [-0.2, 0) is 31.6 Å². The fourth-order valence-electron chi connectivity index (χ4n) is 5.54. The second-order valence-electron chi connectivity index (χ2n) is 14.3. The maximum absolute atomic E-state index is 12.9. The summed E-state index contributed by atoms with van der Waals surface area (Å²) in [6.45, 7) is 16.9. The minimum absolute atomic E-state index is 0.138. The van der Waals surface area contributed by atoms with Crippen molar-refractivity contribution in [1.82, 2.24) is 5.32 Å². The third kappa shape index (κ3) is 15.4. The Bertz CT molecular complexity index is 874. The van der Waals surface area contributed by atoms with E-state index in [1.807, 2.05) is 12.1 Å². The normalized spacial score (nSPS) is 12.8. The van der Waals surface area contributed by atoms with Crippen LogP contribution in [0.25, 0.3) is 0 Å². The molecule has 0 aliphatic carbocycles. The number of phenols is 1. The fourth-order valence-corrected chi connectivity index (χ4v) is 5.54. The maximum Gasteiger partial charge on any atom is 0.328 e. The molecule has 2 N–H and O–H groups in total. The summed E-state index contributed by atoms with van der Waals surface area (Å²) >= 11 is 0. The Morgan fingerprint density at radius 2 is 1.17 bits per heavy atom. The van der Waals surface area contributed by atoms with E-state index in [2.05, 4.69) is 53.8 Å². The molecule has 0 bridgehead atoms. The van der Waals surface area contributed by atoms with Gasteiger partial charge >= 0.3 is 5.97 Å². The first-order chi connectivity index (χ1) is 19.8. The first-order valence-electron chi connectivity index (χ1n) is 17.1. The fraction of sp³-hybridized carbons (Fsp3) is 0.784. The van der Waals surface area contributed by atoms with Crippen molar-refractivity contribution in [3.05, 3.63) is 28.8 Å². The lowest BCUT2D eigenvalue weighted by atomic mass is 9.78. The minimum Gasteiger partial charge on any atom is -0.507 e. The first-order valence-corrected chi connectivity index (χ1v) is 17.1. The second kappa shape index (κ2) is 20.0. The Labute approximate surface area is 259 Å². The average molecular weight is 588 g/mol. The number of ether oxygens (including phenoxy) is 1. The molecule has 0 saturated carbocycles. The van der Waals surface area contributed by atoms with E-state index in [1.165, 1.54) is 77.0 Å². The van der Waals surface area contributed by atoms with Crippen molar-refractivity contribution in [2.75, 3.05) is 6.61 Å². The summed E-state index contributed by atoms with van der Waals surface area (Å²) in [6, 6.07) is 3.45. The van der Waals surface area contributed by atoms with Crippen LogP contribution >= 0.6 is 0 Å². The predicted molar refractivity (Wildman–Crippen MR) is 177 cm³/mol. The lowest BCUT2D eigenvalue weighted by Crippen LogP contribution is -2.42. The summed E-state index contributed by atoms with van der Waals surface area (Å²) in [4.78, 5) is 25.5. The number of esters is 1. The summed E-state index contributed by atoms with van der Waals surface area (Å²) in [6.07, 6.45) is 19.5. The first kappa shape index (κ1) is 38.0. The smallest absolute Gasteiger partial charge is 0.328 e. The molecule has 242 valence electrons. The molecule has 0 fully saturated rings. The SMILES string of the molecule is CCCCCCCCCCCCCCCCC(NC(=O)CCc1cc(C(C)(C)C)c(O)c(C(C)(C)C)c1)C(=O)OCC. The van der Waals surface area contributed by atoms with Gasteiger partial charge in [0.1, 0.15) is 11.8 Å². The number of carbonyl (C=O) groups is 2. The van der Waals surface area contributed by atoms with Gasteiger partial charge in [-0.3, -0.25) is 4.79 Å². The highest BCUT2D eigenvalue weighted by atomic mass is 16.5. The number of benzene rings is 1. The van der Waals surface area contributed by atoms with Crippen LogP contribution in [0.15, 0.2) is 12.1 Å². The molecule has 0 aliphatic rings. The van der Waals surface area contributed by atoms with Crippen LogP contribution in [0.4, 0.5) is 0 Å². The van der Waals surface area contributed by atoms with E-state index < -0.39 is 6.04 Å². The van der Waals surface area contributed by atoms with Crippen molar-refractivity contribution in [1.29, 1.82) is 0 Å². The van der Waals surface area contributed by atoms with Crippen LogP contribution in [0.3, 0.4) is 0 Å². The summed E-state index contributed by atoms with van der Waals surface area (Å²) in [5.74, 6) is -0.130. The molecule has 1 unspecified atom stereocenters. The standard InChI is InChI=1S/C37H65NO4/c1-9-11-12-13-14-15-16-17-18-19-20-21-22-23-24-32(35(41)42-10-2)38-33(39)26-25-29-27-30(36(3,4)5)34(40)31(28-29)37(6,7)8/h27-28,32,40H,9-26H2,1-8H3,(H,38,39). The summed E-state index contributed by atoms with van der Waals surface area (Å²) in [5.41, 5.74) is 2.38. The zero-order valence-electron chi connectivity index (χ0n) is 28.6. The number of carbonyl (C=O) groups excluding carboxylic acids is 2. The van der Waals surface area contributed by atoms with E-state index in [4.69, 9.17) is 4.74 Å². The van der Waals surface area contributed by atoms with Crippen molar-refractivity contribution in [3.8, 4) is 5.75 Å². The number of amides is 1. The largest absolute Gasteiger partial charge is 0.507 e. The second-order valence-corrected chi connectivity index (χ2v) is 14.3. The molecule has 0 radical (unpaired) electrons. The molecule has 0 aliphatic heterocycles. The number of aromatic hydroxyl groups is 1. The number of hydrogen-bond acceptors (Lipinski definition) is 4. The van der Waals surface area contributed by atoms with Gasteiger partial charge in [0.05, 0.1) is 6.61 Å². The van der Waals surface area contributed by atoms with Gasteiger partial charge in [-0.15, -0.1) is 0 Å². The van der Waals surface area contributed by atoms with E-state index >= 15 is 0 Å². The van der Waals surface area contributed by atoms with Crippen LogP contribution in [0, 0.1) is 0 Å². The molecule has 0 spiro atoms. The summed E-state index contributed by atoms with van der Waals surface area (Å²) in [7, 11) is 0. The Kier molecular flexibility index (Phi) is 18.1. The maximum atomic E-state index is 12.9. The lowest BCUT2D eigenvalue weighted by Gasteiger charge is -2.28. The molecular formula is C37H65NO4. The average Bonchev–Trinajstić information content (AvgIpc) is 2.90. The van der Waals surface area contributed by atoms with Gasteiger partial charge in [0.25, 0.3) is 0 Å². The van der Waals surface area contributed by atoms with Gasteiger partial charge in [-0.1, -0.05) is 150 Å². The van der Waals surface area contributed by atoms with Gasteiger partial charge in [0.2, 0.25) is 5.91 Å². The molecule has 5 nitrogen and oxygen atoms in total. The van der Waals surface area contributed by atoms with Crippen molar-refractivity contribution >= 4 is 11.9 Å². The number of aryl methyl sites for hydroxylation is 1. The molecular weight excluding hydrogens is 522 g/mol. The van der Waals surface area contributed by atoms with Crippen LogP contribution < -0.4 is 5.32 Å². The van der Waals surface area contributed by atoms with Crippen LogP contribution in [0.5, 0.6) is 5.75 Å². The number of hydrogen-bond donors (Lipinski definition) is 2. The lowest BCUT2D eigenvalue weighted by molar-refractivity contribution is -0.147. The number of rotatable bonds is 21. The predicted octanol–water partition coefficient (Wildman–Crippen LogP) is 9.84. The summed E-state index contributed by atoms with van der Waals surface area (Å²) in [5, 5.41) is 13.9. The molecule has 1 aromatic carbocycles. The van der Waals surface area contributed by atoms with E-state index in [0.29, 0.717) is 25.2 Å². The Balaban J connectivity index is 2.50. The molecule has 1 amide bonds. The topological polar surface area (TPSA) is 75.6 Å². The highest BCUT2D eigenvalue weighted by Gasteiger charge is 2.27. The van der Waals surface area contributed by atoms with Crippen LogP contribution in [-0.4, -0.2) is 29.6 Å². The molecule has 1 aromatic rings. The van der Waals surface area contributed by atoms with E-state index in [-0.39, 0.29) is 29.1 Å². The molecule has 1 atom stereocenters. The summed E-state index contributed by atoms with van der Waals surface area (Å²) < 4.78 is 5.28. The minimum atomic E-state index is -0.593. The van der Waals surface area contributed by atoms with E-state index in [9.17, 15) is 14.7 Å². The van der Waals surface area contributed by atoms with Crippen LogP contribution in [0.2, 0.25) is 0 Å². The van der Waals surface area contributed by atoms with Crippen molar-refractivity contribution in [2.24, 2.45) is 0 Å². The van der Waals surface area contributed by atoms with E-state index in [0.717, 1.165) is 29.5 Å². The molecule has 5 heteroatoms. The van der Waals surface area contributed by atoms with Gasteiger partial charge in [-0.05, 0) is 47.3 Å². The Morgan fingerprint density at radius 3 is 1.57 bits per heavy atom. The monoisotopic (exact) mass is 587 g/mol. The quantitative estimate of drug-likeness (QED) is 0.111. The Morgan fingerprint density at radius 1 is 0.738 bits per heavy atom. The Hall–Kier alpha value is -2.04.